The predicted octanol–water partition coefficient (Wildman–Crippen LogP) is 2.85. The topological polar surface area (TPSA) is 38.7 Å². The van der Waals surface area contributed by atoms with Crippen LogP contribution in [0.2, 0.25) is 0 Å². The molecule has 0 amide bonds. The van der Waals surface area contributed by atoms with Crippen molar-refractivity contribution in [1.82, 2.24) is 0 Å². The maximum absolute atomic E-state index is 10.6. The highest BCUT2D eigenvalue weighted by Gasteiger charge is 2.21. The van der Waals surface area contributed by atoms with Crippen molar-refractivity contribution < 1.29 is 14.6 Å². The van der Waals surface area contributed by atoms with Crippen molar-refractivity contribution in [3.8, 4) is 5.75 Å². The molecule has 0 aliphatic carbocycles. The van der Waals surface area contributed by atoms with E-state index in [9.17, 15) is 5.11 Å². The van der Waals surface area contributed by atoms with Gasteiger partial charge in [-0.2, -0.15) is 0 Å². The second-order valence-electron chi connectivity index (χ2n) is 5.01. The number of methoxy groups -OCH3 is 1. The summed E-state index contributed by atoms with van der Waals surface area (Å²) in [5, 5.41) is 10.6. The summed E-state index contributed by atoms with van der Waals surface area (Å²) in [7, 11) is 1.67. The van der Waals surface area contributed by atoms with E-state index in [0.29, 0.717) is 13.2 Å². The lowest BCUT2D eigenvalue weighted by molar-refractivity contribution is 0.184. The zero-order chi connectivity index (χ0) is 13.9. The zero-order valence-corrected chi connectivity index (χ0v) is 11.5. The van der Waals surface area contributed by atoms with Crippen LogP contribution in [0.15, 0.2) is 42.5 Å². The van der Waals surface area contributed by atoms with Gasteiger partial charge in [-0.05, 0) is 16.7 Å². The molecule has 0 bridgehead atoms. The van der Waals surface area contributed by atoms with Crippen LogP contribution in [-0.4, -0.2) is 18.8 Å². The maximum Gasteiger partial charge on any atom is 0.128 e. The van der Waals surface area contributed by atoms with Gasteiger partial charge in [0.15, 0.2) is 0 Å². The second kappa shape index (κ2) is 5.65. The number of rotatable bonds is 4. The Labute approximate surface area is 118 Å². The molecule has 104 valence electrons. The van der Waals surface area contributed by atoms with Crippen molar-refractivity contribution in [1.29, 1.82) is 0 Å². The van der Waals surface area contributed by atoms with Gasteiger partial charge in [0, 0.05) is 19.1 Å². The Balaban J connectivity index is 1.89. The first-order valence-electron chi connectivity index (χ1n) is 6.80. The molecule has 0 radical (unpaired) electrons. The largest absolute Gasteiger partial charge is 0.493 e. The van der Waals surface area contributed by atoms with Crippen LogP contribution in [0.1, 0.15) is 28.4 Å². The van der Waals surface area contributed by atoms with E-state index in [1.54, 1.807) is 7.11 Å². The van der Waals surface area contributed by atoms with Crippen LogP contribution in [0.25, 0.3) is 0 Å². The van der Waals surface area contributed by atoms with Crippen molar-refractivity contribution >= 4 is 0 Å². The summed E-state index contributed by atoms with van der Waals surface area (Å²) in [6.45, 7) is 1.28. The summed E-state index contributed by atoms with van der Waals surface area (Å²) in [6.07, 6.45) is 0.266. The lowest BCUT2D eigenvalue weighted by atomic mass is 9.97. The van der Waals surface area contributed by atoms with Crippen LogP contribution in [-0.2, 0) is 17.8 Å². The molecule has 0 saturated heterocycles. The third kappa shape index (κ3) is 2.42. The first-order chi connectivity index (χ1) is 9.79. The monoisotopic (exact) mass is 270 g/mol. The summed E-state index contributed by atoms with van der Waals surface area (Å²) in [5.74, 6) is 0.848. The molecular weight excluding hydrogens is 252 g/mol. The van der Waals surface area contributed by atoms with E-state index >= 15 is 0 Å². The van der Waals surface area contributed by atoms with Gasteiger partial charge in [-0.25, -0.2) is 0 Å². The fourth-order valence-corrected chi connectivity index (χ4v) is 2.60. The maximum atomic E-state index is 10.6. The molecule has 0 aromatic heterocycles. The number of aliphatic hydroxyl groups excluding tert-OH is 1. The molecule has 3 nitrogen and oxygen atoms in total. The first kappa shape index (κ1) is 13.2. The smallest absolute Gasteiger partial charge is 0.128 e. The molecule has 0 spiro atoms. The highest BCUT2D eigenvalue weighted by molar-refractivity contribution is 5.47. The molecule has 1 unspecified atom stereocenters. The van der Waals surface area contributed by atoms with Gasteiger partial charge in [0.05, 0.1) is 13.2 Å². The van der Waals surface area contributed by atoms with E-state index in [2.05, 4.69) is 6.07 Å². The van der Waals surface area contributed by atoms with Crippen molar-refractivity contribution in [2.45, 2.75) is 19.1 Å². The quantitative estimate of drug-likeness (QED) is 0.928. The van der Waals surface area contributed by atoms with Crippen molar-refractivity contribution in [3.05, 3.63) is 64.7 Å². The van der Waals surface area contributed by atoms with E-state index in [1.807, 2.05) is 36.4 Å². The standard InChI is InChI=1S/C17H18O3/c1-19-11-12-5-7-13(8-6-12)16(18)15-4-2-3-14-9-10-20-17(14)15/h2-8,16,18H,9-11H2,1H3. The second-order valence-corrected chi connectivity index (χ2v) is 5.01. The molecule has 1 heterocycles. The normalized spacial score (nSPS) is 14.7. The summed E-state index contributed by atoms with van der Waals surface area (Å²) in [6, 6.07) is 13.8. The Morgan fingerprint density at radius 1 is 1.20 bits per heavy atom. The minimum Gasteiger partial charge on any atom is -0.493 e. The summed E-state index contributed by atoms with van der Waals surface area (Å²) >= 11 is 0. The number of hydrogen-bond acceptors (Lipinski definition) is 3. The van der Waals surface area contributed by atoms with E-state index in [1.165, 1.54) is 5.56 Å². The fourth-order valence-electron chi connectivity index (χ4n) is 2.60. The molecule has 0 saturated carbocycles. The molecule has 2 aromatic rings. The van der Waals surface area contributed by atoms with Crippen molar-refractivity contribution in [2.75, 3.05) is 13.7 Å². The number of fused-ring (bicyclic) bond motifs is 1. The minimum absolute atomic E-state index is 0.584. The number of benzene rings is 2. The molecule has 1 aliphatic rings. The van der Waals surface area contributed by atoms with Crippen LogP contribution in [0.3, 0.4) is 0 Å². The van der Waals surface area contributed by atoms with Gasteiger partial charge in [0.1, 0.15) is 11.9 Å². The molecule has 1 aliphatic heterocycles. The first-order valence-corrected chi connectivity index (χ1v) is 6.80. The molecule has 3 heteroatoms. The Kier molecular flexibility index (Phi) is 3.72. The highest BCUT2D eigenvalue weighted by Crippen LogP contribution is 2.36. The van der Waals surface area contributed by atoms with Crippen molar-refractivity contribution in [3.63, 3.8) is 0 Å². The SMILES string of the molecule is COCc1ccc(C(O)c2cccc3c2OCC3)cc1. The van der Waals surface area contributed by atoms with Crippen LogP contribution >= 0.6 is 0 Å². The molecule has 3 rings (SSSR count). The predicted molar refractivity (Wildman–Crippen MR) is 76.9 cm³/mol. The van der Waals surface area contributed by atoms with Gasteiger partial charge in [-0.3, -0.25) is 0 Å². The molecule has 2 aromatic carbocycles. The third-order valence-electron chi connectivity index (χ3n) is 3.65. The zero-order valence-electron chi connectivity index (χ0n) is 11.5. The minimum atomic E-state index is -0.653. The van der Waals surface area contributed by atoms with Crippen molar-refractivity contribution in [2.24, 2.45) is 0 Å². The van der Waals surface area contributed by atoms with E-state index < -0.39 is 6.10 Å². The Hall–Kier alpha value is -1.84. The summed E-state index contributed by atoms with van der Waals surface area (Å²) in [5.41, 5.74) is 3.99. The summed E-state index contributed by atoms with van der Waals surface area (Å²) < 4.78 is 10.7. The van der Waals surface area contributed by atoms with E-state index in [0.717, 1.165) is 28.9 Å². The lowest BCUT2D eigenvalue weighted by Gasteiger charge is -2.15. The van der Waals surface area contributed by atoms with Crippen LogP contribution in [0.4, 0.5) is 0 Å². The Morgan fingerprint density at radius 2 is 2.00 bits per heavy atom. The average Bonchev–Trinajstić information content (AvgIpc) is 2.96. The molecule has 0 fully saturated rings. The van der Waals surface area contributed by atoms with Gasteiger partial charge in [-0.1, -0.05) is 42.5 Å². The highest BCUT2D eigenvalue weighted by atomic mass is 16.5. The molecular formula is C17H18O3. The third-order valence-corrected chi connectivity index (χ3v) is 3.65. The van der Waals surface area contributed by atoms with E-state index in [-0.39, 0.29) is 0 Å². The molecule has 1 N–H and O–H groups in total. The average molecular weight is 270 g/mol. The number of aliphatic hydroxyl groups is 1. The van der Waals surface area contributed by atoms with Gasteiger partial charge in [0.25, 0.3) is 0 Å². The van der Waals surface area contributed by atoms with Crippen LogP contribution in [0, 0.1) is 0 Å². The van der Waals surface area contributed by atoms with Gasteiger partial charge >= 0.3 is 0 Å². The van der Waals surface area contributed by atoms with Gasteiger partial charge in [0.2, 0.25) is 0 Å². The Bertz CT molecular complexity index is 590. The number of para-hydroxylation sites is 1. The van der Waals surface area contributed by atoms with Crippen LogP contribution < -0.4 is 4.74 Å². The lowest BCUT2D eigenvalue weighted by Crippen LogP contribution is -2.02. The fraction of sp³-hybridized carbons (Fsp3) is 0.294. The van der Waals surface area contributed by atoms with E-state index in [4.69, 9.17) is 9.47 Å². The Morgan fingerprint density at radius 3 is 2.75 bits per heavy atom. The van der Waals surface area contributed by atoms with Gasteiger partial charge < -0.3 is 14.6 Å². The van der Waals surface area contributed by atoms with Crippen LogP contribution in [0.5, 0.6) is 5.75 Å². The van der Waals surface area contributed by atoms with Gasteiger partial charge in [-0.15, -0.1) is 0 Å². The molecule has 1 atom stereocenters. The molecule has 20 heavy (non-hydrogen) atoms. The summed E-state index contributed by atoms with van der Waals surface area (Å²) in [4.78, 5) is 0. The number of ether oxygens (including phenoxy) is 2. The number of hydrogen-bond donors (Lipinski definition) is 1.